The van der Waals surface area contributed by atoms with Crippen molar-refractivity contribution in [3.63, 3.8) is 0 Å². The molecule has 0 bridgehead atoms. The number of nitrogens with one attached hydrogen (secondary N) is 1. The number of rotatable bonds is 5. The van der Waals surface area contributed by atoms with Crippen LogP contribution in [0.15, 0.2) is 30.3 Å². The minimum atomic E-state index is -0.260. The SMILES string of the molecule is COc1ccccc1/C=C/C(=O)OC[C@@H]1CCC[NH+]2CCCC[C@H]12. The molecule has 130 valence electrons. The van der Waals surface area contributed by atoms with Gasteiger partial charge in [-0.3, -0.25) is 0 Å². The minimum Gasteiger partial charge on any atom is -0.496 e. The summed E-state index contributed by atoms with van der Waals surface area (Å²) in [4.78, 5) is 13.8. The summed E-state index contributed by atoms with van der Waals surface area (Å²) >= 11 is 0. The lowest BCUT2D eigenvalue weighted by Crippen LogP contribution is -3.18. The molecule has 1 N–H and O–H groups in total. The van der Waals surface area contributed by atoms with Gasteiger partial charge in [-0.2, -0.15) is 0 Å². The first-order valence-corrected chi connectivity index (χ1v) is 9.10. The van der Waals surface area contributed by atoms with Gasteiger partial charge in [-0.25, -0.2) is 4.79 Å². The predicted octanol–water partition coefficient (Wildman–Crippen LogP) is 2.10. The Hall–Kier alpha value is -1.81. The van der Waals surface area contributed by atoms with E-state index in [2.05, 4.69) is 0 Å². The van der Waals surface area contributed by atoms with E-state index in [0.717, 1.165) is 11.3 Å². The van der Waals surface area contributed by atoms with E-state index in [1.54, 1.807) is 18.1 Å². The normalized spacial score (nSPS) is 26.8. The Balaban J connectivity index is 1.52. The molecule has 1 aromatic rings. The lowest BCUT2D eigenvalue weighted by atomic mass is 9.84. The zero-order valence-corrected chi connectivity index (χ0v) is 14.5. The van der Waals surface area contributed by atoms with Gasteiger partial charge in [-0.1, -0.05) is 18.2 Å². The summed E-state index contributed by atoms with van der Waals surface area (Å²) < 4.78 is 10.8. The molecular formula is C20H28NO3+. The molecule has 3 atom stereocenters. The first-order chi connectivity index (χ1) is 11.8. The van der Waals surface area contributed by atoms with E-state index >= 15 is 0 Å². The molecule has 4 nitrogen and oxygen atoms in total. The van der Waals surface area contributed by atoms with E-state index in [0.29, 0.717) is 18.6 Å². The number of hydrogen-bond donors (Lipinski definition) is 1. The Bertz CT molecular complexity index is 582. The highest BCUT2D eigenvalue weighted by Crippen LogP contribution is 2.21. The number of carbonyl (C=O) groups excluding carboxylic acids is 1. The van der Waals surface area contributed by atoms with Crippen molar-refractivity contribution in [1.29, 1.82) is 0 Å². The number of hydrogen-bond acceptors (Lipinski definition) is 3. The summed E-state index contributed by atoms with van der Waals surface area (Å²) in [5, 5.41) is 0. The van der Waals surface area contributed by atoms with Crippen molar-refractivity contribution in [2.45, 2.75) is 38.1 Å². The summed E-state index contributed by atoms with van der Waals surface area (Å²) in [5.41, 5.74) is 0.887. The monoisotopic (exact) mass is 330 g/mol. The molecule has 2 saturated heterocycles. The fourth-order valence-corrected chi connectivity index (χ4v) is 4.18. The predicted molar refractivity (Wildman–Crippen MR) is 94.0 cm³/mol. The first-order valence-electron chi connectivity index (χ1n) is 9.10. The molecule has 0 radical (unpaired) electrons. The third-order valence-corrected chi connectivity index (χ3v) is 5.41. The molecule has 0 aromatic heterocycles. The summed E-state index contributed by atoms with van der Waals surface area (Å²) in [6.45, 7) is 3.15. The number of carbonyl (C=O) groups is 1. The van der Waals surface area contributed by atoms with Crippen molar-refractivity contribution >= 4 is 12.0 Å². The van der Waals surface area contributed by atoms with Crippen molar-refractivity contribution in [3.05, 3.63) is 35.9 Å². The zero-order valence-electron chi connectivity index (χ0n) is 14.5. The van der Waals surface area contributed by atoms with Crippen LogP contribution in [0, 0.1) is 5.92 Å². The molecule has 3 rings (SSSR count). The van der Waals surface area contributed by atoms with E-state index in [1.165, 1.54) is 51.3 Å². The average molecular weight is 330 g/mol. The standard InChI is InChI=1S/C20H27NO3/c1-23-19-10-3-2-7-16(19)11-12-20(22)24-15-17-8-6-14-21-13-5-4-9-18(17)21/h2-3,7,10-12,17-18H,4-6,8-9,13-15H2,1H3/p+1/b12-11+/t17-,18+/m0/s1. The quantitative estimate of drug-likeness (QED) is 0.664. The van der Waals surface area contributed by atoms with Crippen LogP contribution in [0.5, 0.6) is 5.75 Å². The van der Waals surface area contributed by atoms with E-state index in [4.69, 9.17) is 9.47 Å². The van der Waals surface area contributed by atoms with E-state index in [9.17, 15) is 4.79 Å². The third-order valence-electron chi connectivity index (χ3n) is 5.41. The molecular weight excluding hydrogens is 302 g/mol. The molecule has 1 aromatic carbocycles. The van der Waals surface area contributed by atoms with Gasteiger partial charge in [0.1, 0.15) is 12.4 Å². The van der Waals surface area contributed by atoms with Crippen LogP contribution in [0.25, 0.3) is 6.08 Å². The van der Waals surface area contributed by atoms with E-state index in [1.807, 2.05) is 24.3 Å². The third kappa shape index (κ3) is 4.18. The number of para-hydroxylation sites is 1. The molecule has 2 aliphatic heterocycles. The second-order valence-electron chi connectivity index (χ2n) is 6.87. The molecule has 24 heavy (non-hydrogen) atoms. The Morgan fingerprint density at radius 1 is 1.21 bits per heavy atom. The van der Waals surface area contributed by atoms with Gasteiger partial charge in [0.2, 0.25) is 0 Å². The van der Waals surface area contributed by atoms with Crippen LogP contribution in [0.1, 0.15) is 37.7 Å². The number of ether oxygens (including phenoxy) is 2. The van der Waals surface area contributed by atoms with Crippen LogP contribution in [0.4, 0.5) is 0 Å². The van der Waals surface area contributed by atoms with Gasteiger partial charge in [0.05, 0.1) is 26.2 Å². The van der Waals surface area contributed by atoms with Gasteiger partial charge >= 0.3 is 5.97 Å². The molecule has 2 heterocycles. The molecule has 1 unspecified atom stereocenters. The van der Waals surface area contributed by atoms with Crippen LogP contribution in [0.3, 0.4) is 0 Å². The van der Waals surface area contributed by atoms with Gasteiger partial charge in [-0.05, 0) is 44.2 Å². The summed E-state index contributed by atoms with van der Waals surface area (Å²) in [5.74, 6) is 1.02. The van der Waals surface area contributed by atoms with Gasteiger partial charge in [-0.15, -0.1) is 0 Å². The van der Waals surface area contributed by atoms with E-state index < -0.39 is 0 Å². The molecule has 0 spiro atoms. The Morgan fingerprint density at radius 2 is 2.04 bits per heavy atom. The highest BCUT2D eigenvalue weighted by Gasteiger charge is 2.36. The molecule has 2 aliphatic rings. The maximum atomic E-state index is 12.1. The first kappa shape index (κ1) is 17.0. The van der Waals surface area contributed by atoms with Crippen molar-refractivity contribution < 1.29 is 19.2 Å². The van der Waals surface area contributed by atoms with Crippen LogP contribution in [-0.4, -0.2) is 38.8 Å². The highest BCUT2D eigenvalue weighted by molar-refractivity contribution is 5.87. The van der Waals surface area contributed by atoms with Gasteiger partial charge in [0, 0.05) is 17.6 Å². The van der Waals surface area contributed by atoms with Crippen molar-refractivity contribution in [3.8, 4) is 5.75 Å². The number of quaternary nitrogens is 1. The molecule has 0 aliphatic carbocycles. The molecule has 4 heteroatoms. The Labute approximate surface area is 144 Å². The zero-order chi connectivity index (χ0) is 16.8. The van der Waals surface area contributed by atoms with E-state index in [-0.39, 0.29) is 5.97 Å². The number of methoxy groups -OCH3 is 1. The summed E-state index contributed by atoms with van der Waals surface area (Å²) in [7, 11) is 1.63. The smallest absolute Gasteiger partial charge is 0.330 e. The van der Waals surface area contributed by atoms with Crippen LogP contribution < -0.4 is 9.64 Å². The fourth-order valence-electron chi connectivity index (χ4n) is 4.18. The maximum Gasteiger partial charge on any atom is 0.330 e. The number of benzene rings is 1. The van der Waals surface area contributed by atoms with Gasteiger partial charge in [0.15, 0.2) is 0 Å². The second kappa shape index (κ2) is 8.34. The van der Waals surface area contributed by atoms with Crippen molar-refractivity contribution in [2.24, 2.45) is 5.92 Å². The lowest BCUT2D eigenvalue weighted by molar-refractivity contribution is -0.940. The molecule has 0 amide bonds. The Morgan fingerprint density at radius 3 is 2.92 bits per heavy atom. The van der Waals surface area contributed by atoms with Crippen LogP contribution in [-0.2, 0) is 9.53 Å². The number of fused-ring (bicyclic) bond motifs is 1. The number of esters is 1. The lowest BCUT2D eigenvalue weighted by Gasteiger charge is -2.40. The topological polar surface area (TPSA) is 40.0 Å². The largest absolute Gasteiger partial charge is 0.496 e. The van der Waals surface area contributed by atoms with Gasteiger partial charge in [0.25, 0.3) is 0 Å². The Kier molecular flexibility index (Phi) is 5.91. The highest BCUT2D eigenvalue weighted by atomic mass is 16.5. The van der Waals surface area contributed by atoms with Crippen LogP contribution >= 0.6 is 0 Å². The van der Waals surface area contributed by atoms with Gasteiger partial charge < -0.3 is 14.4 Å². The fraction of sp³-hybridized carbons (Fsp3) is 0.550. The minimum absolute atomic E-state index is 0.260. The number of piperidine rings is 2. The molecule has 2 fully saturated rings. The second-order valence-corrected chi connectivity index (χ2v) is 6.87. The van der Waals surface area contributed by atoms with Crippen molar-refractivity contribution in [1.82, 2.24) is 0 Å². The molecule has 0 saturated carbocycles. The average Bonchev–Trinajstić information content (AvgIpc) is 2.64. The van der Waals surface area contributed by atoms with Crippen LogP contribution in [0.2, 0.25) is 0 Å². The summed E-state index contributed by atoms with van der Waals surface area (Å²) in [6, 6.07) is 8.34. The van der Waals surface area contributed by atoms with Crippen molar-refractivity contribution in [2.75, 3.05) is 26.8 Å². The summed E-state index contributed by atoms with van der Waals surface area (Å²) in [6.07, 6.45) is 9.68. The maximum absolute atomic E-state index is 12.1.